The predicted octanol–water partition coefficient (Wildman–Crippen LogP) is 6.12. The van der Waals surface area contributed by atoms with E-state index in [0.29, 0.717) is 6.61 Å². The first-order valence-electron chi connectivity index (χ1n) is 8.60. The molecular formula is C18H30F2O2Si. The van der Waals surface area contributed by atoms with Gasteiger partial charge in [0.25, 0.3) is 0 Å². The van der Waals surface area contributed by atoms with E-state index in [0.717, 1.165) is 25.0 Å². The zero-order valence-corrected chi connectivity index (χ0v) is 15.6. The Balaban J connectivity index is 2.02. The molecule has 5 heteroatoms. The number of halogens is 2. The summed E-state index contributed by atoms with van der Waals surface area (Å²) >= 11 is 0. The molecule has 0 saturated heterocycles. The van der Waals surface area contributed by atoms with Crippen molar-refractivity contribution in [3.05, 3.63) is 23.8 Å². The predicted molar refractivity (Wildman–Crippen MR) is 94.0 cm³/mol. The minimum absolute atomic E-state index is 0.129. The molecule has 0 heterocycles. The van der Waals surface area contributed by atoms with Crippen LogP contribution in [-0.4, -0.2) is 19.8 Å². The molecule has 0 bridgehead atoms. The van der Waals surface area contributed by atoms with E-state index in [1.54, 1.807) is 0 Å². The van der Waals surface area contributed by atoms with Crippen molar-refractivity contribution in [1.29, 1.82) is 0 Å². The highest BCUT2D eigenvalue weighted by Crippen LogP contribution is 2.25. The molecule has 0 aliphatic rings. The Morgan fingerprint density at radius 1 is 0.870 bits per heavy atom. The van der Waals surface area contributed by atoms with Crippen LogP contribution in [0.3, 0.4) is 0 Å². The largest absolute Gasteiger partial charge is 0.503 e. The fourth-order valence-corrected chi connectivity index (χ4v) is 3.77. The number of ether oxygens (including phenoxy) is 1. The number of unbranched alkanes of at least 4 members (excludes halogenated alkanes) is 6. The van der Waals surface area contributed by atoms with E-state index < -0.39 is 25.5 Å². The number of benzene rings is 1. The maximum absolute atomic E-state index is 13.1. The van der Waals surface area contributed by atoms with Crippen LogP contribution in [0.15, 0.2) is 12.1 Å². The molecule has 1 aromatic rings. The lowest BCUT2D eigenvalue weighted by atomic mass is 10.1. The van der Waals surface area contributed by atoms with E-state index in [9.17, 15) is 8.78 Å². The maximum atomic E-state index is 13.1. The van der Waals surface area contributed by atoms with Crippen molar-refractivity contribution in [2.24, 2.45) is 0 Å². The van der Waals surface area contributed by atoms with Crippen LogP contribution in [-0.2, 0) is 0 Å². The molecule has 0 atom stereocenters. The van der Waals surface area contributed by atoms with Gasteiger partial charge in [0.15, 0.2) is 17.4 Å². The summed E-state index contributed by atoms with van der Waals surface area (Å²) in [4.78, 5) is 0. The van der Waals surface area contributed by atoms with Gasteiger partial charge in [-0.3, -0.25) is 0 Å². The normalized spacial score (nSPS) is 11.7. The van der Waals surface area contributed by atoms with Gasteiger partial charge in [-0.15, -0.1) is 0 Å². The minimum Gasteiger partial charge on any atom is -0.503 e. The van der Waals surface area contributed by atoms with E-state index in [-0.39, 0.29) is 5.75 Å². The summed E-state index contributed by atoms with van der Waals surface area (Å²) in [5, 5.41) is 9.00. The van der Waals surface area contributed by atoms with Gasteiger partial charge in [-0.05, 0) is 6.42 Å². The molecule has 0 amide bonds. The average Bonchev–Trinajstić information content (AvgIpc) is 2.45. The van der Waals surface area contributed by atoms with Crippen molar-refractivity contribution in [3.63, 3.8) is 0 Å². The fourth-order valence-electron chi connectivity index (χ4n) is 2.46. The van der Waals surface area contributed by atoms with Gasteiger partial charge in [-0.25, -0.2) is 8.78 Å². The highest BCUT2D eigenvalue weighted by atomic mass is 28.3. The highest BCUT2D eigenvalue weighted by Gasteiger charge is 2.11. The summed E-state index contributed by atoms with van der Waals surface area (Å²) in [5.74, 6) is -2.80. The van der Waals surface area contributed by atoms with Crippen LogP contribution >= 0.6 is 0 Å². The molecule has 0 aliphatic heterocycles. The molecule has 1 N–H and O–H groups in total. The fraction of sp³-hybridized carbons (Fsp3) is 0.667. The first-order valence-corrected chi connectivity index (χ1v) is 12.3. The van der Waals surface area contributed by atoms with Gasteiger partial charge in [0.05, 0.1) is 6.61 Å². The number of rotatable bonds is 11. The molecular weight excluding hydrogens is 314 g/mol. The monoisotopic (exact) mass is 344 g/mol. The van der Waals surface area contributed by atoms with Crippen LogP contribution in [0.5, 0.6) is 11.5 Å². The Labute approximate surface area is 139 Å². The van der Waals surface area contributed by atoms with Gasteiger partial charge in [-0.2, -0.15) is 0 Å². The topological polar surface area (TPSA) is 29.5 Å². The first kappa shape index (κ1) is 19.9. The lowest BCUT2D eigenvalue weighted by Crippen LogP contribution is -2.18. The second-order valence-corrected chi connectivity index (χ2v) is 13.0. The van der Waals surface area contributed by atoms with Crippen molar-refractivity contribution in [1.82, 2.24) is 0 Å². The lowest BCUT2D eigenvalue weighted by molar-refractivity contribution is 0.298. The third kappa shape index (κ3) is 8.94. The van der Waals surface area contributed by atoms with Crippen LogP contribution in [0.25, 0.3) is 0 Å². The second-order valence-electron chi connectivity index (χ2n) is 7.37. The summed E-state index contributed by atoms with van der Waals surface area (Å²) in [5.41, 5.74) is 0. The van der Waals surface area contributed by atoms with Gasteiger partial charge in [0.2, 0.25) is 0 Å². The third-order valence-corrected chi connectivity index (χ3v) is 5.68. The van der Waals surface area contributed by atoms with Gasteiger partial charge in [-0.1, -0.05) is 64.2 Å². The van der Waals surface area contributed by atoms with E-state index in [2.05, 4.69) is 19.6 Å². The van der Waals surface area contributed by atoms with Gasteiger partial charge in [0, 0.05) is 20.2 Å². The summed E-state index contributed by atoms with van der Waals surface area (Å²) in [6.45, 7) is 7.69. The smallest absolute Gasteiger partial charge is 0.188 e. The standard InChI is InChI=1S/C18H30F2O2Si/c1-23(2,3)12-10-8-6-4-5-7-9-11-22-15-13-16(19)18(21)17(20)14-15/h13-14,21H,4-12H2,1-3H3. The minimum atomic E-state index is -0.988. The van der Waals surface area contributed by atoms with Crippen LogP contribution < -0.4 is 4.74 Å². The Kier molecular flexibility index (Phi) is 8.59. The van der Waals surface area contributed by atoms with Crippen LogP contribution in [0.2, 0.25) is 25.7 Å². The summed E-state index contributed by atoms with van der Waals surface area (Å²) in [6, 6.07) is 3.44. The van der Waals surface area contributed by atoms with E-state index in [1.807, 2.05) is 0 Å². The van der Waals surface area contributed by atoms with Gasteiger partial charge in [0.1, 0.15) is 5.75 Å². The molecule has 2 nitrogen and oxygen atoms in total. The molecule has 0 spiro atoms. The molecule has 0 fully saturated rings. The summed E-state index contributed by atoms with van der Waals surface area (Å²) in [7, 11) is -0.873. The number of aromatic hydroxyl groups is 1. The molecule has 1 aromatic carbocycles. The lowest BCUT2D eigenvalue weighted by Gasteiger charge is -2.14. The van der Waals surface area contributed by atoms with E-state index in [1.165, 1.54) is 38.1 Å². The molecule has 0 unspecified atom stereocenters. The molecule has 0 saturated carbocycles. The van der Waals surface area contributed by atoms with Crippen molar-refractivity contribution >= 4 is 8.07 Å². The van der Waals surface area contributed by atoms with Crippen molar-refractivity contribution in [3.8, 4) is 11.5 Å². The number of hydrogen-bond donors (Lipinski definition) is 1. The van der Waals surface area contributed by atoms with Crippen molar-refractivity contribution in [2.45, 2.75) is 70.6 Å². The first-order chi connectivity index (χ1) is 10.8. The molecule has 23 heavy (non-hydrogen) atoms. The van der Waals surface area contributed by atoms with Gasteiger partial charge < -0.3 is 9.84 Å². The van der Waals surface area contributed by atoms with Crippen LogP contribution in [0.4, 0.5) is 8.78 Å². The van der Waals surface area contributed by atoms with E-state index in [4.69, 9.17) is 9.84 Å². The highest BCUT2D eigenvalue weighted by molar-refractivity contribution is 6.76. The number of hydrogen-bond acceptors (Lipinski definition) is 2. The second kappa shape index (κ2) is 9.91. The molecule has 132 valence electrons. The molecule has 0 aliphatic carbocycles. The van der Waals surface area contributed by atoms with Gasteiger partial charge >= 0.3 is 0 Å². The molecule has 0 radical (unpaired) electrons. The Morgan fingerprint density at radius 3 is 1.87 bits per heavy atom. The number of phenols is 1. The van der Waals surface area contributed by atoms with Crippen molar-refractivity contribution in [2.75, 3.05) is 6.61 Å². The zero-order chi connectivity index (χ0) is 17.3. The SMILES string of the molecule is C[Si](C)(C)CCCCCCCCCOc1cc(F)c(O)c(F)c1. The van der Waals surface area contributed by atoms with Crippen molar-refractivity contribution < 1.29 is 18.6 Å². The van der Waals surface area contributed by atoms with Crippen LogP contribution in [0, 0.1) is 11.6 Å². The Bertz CT molecular complexity index is 450. The quantitative estimate of drug-likeness (QED) is 0.387. The summed E-state index contributed by atoms with van der Waals surface area (Å²) < 4.78 is 31.6. The molecule has 0 aromatic heterocycles. The zero-order valence-electron chi connectivity index (χ0n) is 14.6. The summed E-state index contributed by atoms with van der Waals surface area (Å²) in [6.07, 6.45) is 8.34. The molecule has 1 rings (SSSR count). The Morgan fingerprint density at radius 2 is 1.35 bits per heavy atom. The number of phenolic OH excluding ortho intramolecular Hbond substituents is 1. The maximum Gasteiger partial charge on any atom is 0.188 e. The van der Waals surface area contributed by atoms with Crippen LogP contribution in [0.1, 0.15) is 44.9 Å². The van der Waals surface area contributed by atoms with E-state index >= 15 is 0 Å². The average molecular weight is 345 g/mol. The third-order valence-electron chi connectivity index (χ3n) is 3.83. The Hall–Kier alpha value is -1.10.